The van der Waals surface area contributed by atoms with Crippen LogP contribution in [0.2, 0.25) is 0 Å². The Balaban J connectivity index is 2.07. The summed E-state index contributed by atoms with van der Waals surface area (Å²) in [6.07, 6.45) is 13.1. The fourth-order valence-electron chi connectivity index (χ4n) is 4.06. The van der Waals surface area contributed by atoms with Crippen molar-refractivity contribution in [3.8, 4) is 0 Å². The van der Waals surface area contributed by atoms with Gasteiger partial charge in [-0.05, 0) is 82.3 Å². The molecule has 0 unspecified atom stereocenters. The van der Waals surface area contributed by atoms with E-state index in [1.54, 1.807) is 0 Å². The van der Waals surface area contributed by atoms with Crippen LogP contribution in [0.3, 0.4) is 0 Å². The lowest BCUT2D eigenvalue weighted by Gasteiger charge is -2.13. The van der Waals surface area contributed by atoms with Crippen molar-refractivity contribution < 1.29 is 0 Å². The molecule has 0 bridgehead atoms. The molecule has 0 spiro atoms. The van der Waals surface area contributed by atoms with Gasteiger partial charge in [-0.25, -0.2) is 0 Å². The second kappa shape index (κ2) is 6.52. The summed E-state index contributed by atoms with van der Waals surface area (Å²) >= 11 is 0. The van der Waals surface area contributed by atoms with Crippen molar-refractivity contribution in [3.63, 3.8) is 0 Å². The number of benzene rings is 2. The first-order chi connectivity index (χ1) is 12.2. The second-order valence-corrected chi connectivity index (χ2v) is 7.30. The molecule has 25 heavy (non-hydrogen) atoms. The molecule has 0 nitrogen and oxygen atoms in total. The first-order valence-corrected chi connectivity index (χ1v) is 9.43. The maximum absolute atomic E-state index is 3.72. The van der Waals surface area contributed by atoms with Gasteiger partial charge in [0.05, 0.1) is 0 Å². The molecule has 2 aliphatic rings. The zero-order valence-corrected chi connectivity index (χ0v) is 15.4. The fourth-order valence-corrected chi connectivity index (χ4v) is 4.06. The number of fused-ring (bicyclic) bond motifs is 2. The van der Waals surface area contributed by atoms with E-state index in [1.807, 2.05) is 0 Å². The van der Waals surface area contributed by atoms with Crippen LogP contribution in [0.25, 0.3) is 17.2 Å². The van der Waals surface area contributed by atoms with Gasteiger partial charge in [0, 0.05) is 0 Å². The van der Waals surface area contributed by atoms with Gasteiger partial charge in [-0.1, -0.05) is 67.5 Å². The molecule has 2 aliphatic carbocycles. The Labute approximate surface area is 150 Å². The van der Waals surface area contributed by atoms with Crippen LogP contribution in [0.4, 0.5) is 0 Å². The largest absolute Gasteiger partial charge is 0.0798 e. The van der Waals surface area contributed by atoms with Crippen LogP contribution in [0.15, 0.2) is 54.1 Å². The molecule has 4 rings (SSSR count). The van der Waals surface area contributed by atoms with Crippen LogP contribution in [0, 0.1) is 10.4 Å². The van der Waals surface area contributed by atoms with E-state index in [2.05, 4.69) is 75.4 Å². The SMILES string of the molecule is CCCCC1=C(c2c3c(ccc2=C(C)C)=c2ccccc2=[C]3)CC=C1. The zero-order chi connectivity index (χ0) is 17.4. The molecule has 0 aliphatic heterocycles. The summed E-state index contributed by atoms with van der Waals surface area (Å²) < 4.78 is 0. The van der Waals surface area contributed by atoms with E-state index >= 15 is 0 Å². The Morgan fingerprint density at radius 3 is 2.68 bits per heavy atom. The Hall–Kier alpha value is -2.34. The highest BCUT2D eigenvalue weighted by Gasteiger charge is 2.18. The maximum Gasteiger partial charge on any atom is -0.000731 e. The lowest BCUT2D eigenvalue weighted by Crippen LogP contribution is -2.13. The van der Waals surface area contributed by atoms with Gasteiger partial charge in [0.15, 0.2) is 0 Å². The number of allylic oxidation sites excluding steroid dienone is 4. The average molecular weight is 325 g/mol. The minimum Gasteiger partial charge on any atom is -0.0798 e. The van der Waals surface area contributed by atoms with Crippen molar-refractivity contribution >= 4 is 17.2 Å². The monoisotopic (exact) mass is 325 g/mol. The predicted octanol–water partition coefficient (Wildman–Crippen LogP) is 5.09. The van der Waals surface area contributed by atoms with Crippen LogP contribution in [-0.4, -0.2) is 0 Å². The first kappa shape index (κ1) is 16.1. The van der Waals surface area contributed by atoms with Gasteiger partial charge in [-0.15, -0.1) is 0 Å². The summed E-state index contributed by atoms with van der Waals surface area (Å²) in [4.78, 5) is 0. The highest BCUT2D eigenvalue weighted by molar-refractivity contribution is 5.82. The first-order valence-electron chi connectivity index (χ1n) is 9.43. The summed E-state index contributed by atoms with van der Waals surface area (Å²) in [5.41, 5.74) is 7.14. The molecular weight excluding hydrogens is 300 g/mol. The van der Waals surface area contributed by atoms with E-state index in [0.717, 1.165) is 6.42 Å². The lowest BCUT2D eigenvalue weighted by atomic mass is 9.90. The van der Waals surface area contributed by atoms with Crippen molar-refractivity contribution in [3.05, 3.63) is 86.1 Å². The van der Waals surface area contributed by atoms with Gasteiger partial charge in [0.2, 0.25) is 0 Å². The summed E-state index contributed by atoms with van der Waals surface area (Å²) in [6, 6.07) is 13.2. The van der Waals surface area contributed by atoms with Crippen molar-refractivity contribution in [1.82, 2.24) is 0 Å². The molecular formula is C25H25. The molecule has 0 heterocycles. The van der Waals surface area contributed by atoms with Gasteiger partial charge in [0.1, 0.15) is 0 Å². The van der Waals surface area contributed by atoms with E-state index in [0.29, 0.717) is 0 Å². The van der Waals surface area contributed by atoms with E-state index in [9.17, 15) is 0 Å². The maximum atomic E-state index is 3.72. The third kappa shape index (κ3) is 2.70. The zero-order valence-electron chi connectivity index (χ0n) is 15.4. The third-order valence-corrected chi connectivity index (χ3v) is 5.35. The smallest absolute Gasteiger partial charge is 0.000731 e. The van der Waals surface area contributed by atoms with Crippen LogP contribution in [0.5, 0.6) is 0 Å². The lowest BCUT2D eigenvalue weighted by molar-refractivity contribution is 0.800. The standard InChI is InChI=1S/C25H25/c1-4-5-9-18-11-8-13-22(18)25-20(17(2)3)14-15-23-21-12-7-6-10-19(21)16-24(23)25/h6-8,10-12,14-15H,4-5,9,13H2,1-3H3. The molecule has 0 saturated carbocycles. The van der Waals surface area contributed by atoms with E-state index in [4.69, 9.17) is 0 Å². The molecule has 1 radical (unpaired) electrons. The predicted molar refractivity (Wildman–Crippen MR) is 107 cm³/mol. The van der Waals surface area contributed by atoms with Crippen molar-refractivity contribution in [2.75, 3.05) is 0 Å². The minimum absolute atomic E-state index is 1.05. The van der Waals surface area contributed by atoms with Crippen molar-refractivity contribution in [2.24, 2.45) is 0 Å². The van der Waals surface area contributed by atoms with Gasteiger partial charge in [-0.2, -0.15) is 0 Å². The van der Waals surface area contributed by atoms with E-state index < -0.39 is 0 Å². The molecule has 0 amide bonds. The van der Waals surface area contributed by atoms with Gasteiger partial charge in [-0.3, -0.25) is 0 Å². The molecule has 2 aromatic carbocycles. The van der Waals surface area contributed by atoms with E-state index in [-0.39, 0.29) is 0 Å². The summed E-state index contributed by atoms with van der Waals surface area (Å²) in [5.74, 6) is 0. The average Bonchev–Trinajstić information content (AvgIpc) is 3.23. The molecule has 0 saturated heterocycles. The summed E-state index contributed by atoms with van der Waals surface area (Å²) in [5, 5.41) is 5.27. The van der Waals surface area contributed by atoms with Crippen LogP contribution in [-0.2, 0) is 0 Å². The summed E-state index contributed by atoms with van der Waals surface area (Å²) in [6.45, 7) is 6.72. The van der Waals surface area contributed by atoms with Crippen LogP contribution in [0.1, 0.15) is 57.6 Å². The molecule has 0 atom stereocenters. The number of rotatable bonds is 4. The van der Waals surface area contributed by atoms with Gasteiger partial charge >= 0.3 is 0 Å². The third-order valence-electron chi connectivity index (χ3n) is 5.35. The van der Waals surface area contributed by atoms with Crippen molar-refractivity contribution in [1.29, 1.82) is 0 Å². The molecule has 0 aromatic heterocycles. The molecule has 0 N–H and O–H groups in total. The number of unbranched alkanes of at least 4 members (excludes halogenated alkanes) is 1. The Morgan fingerprint density at radius 2 is 1.88 bits per heavy atom. The molecule has 0 heteroatoms. The number of hydrogen-bond acceptors (Lipinski definition) is 0. The van der Waals surface area contributed by atoms with Gasteiger partial charge < -0.3 is 0 Å². The Kier molecular flexibility index (Phi) is 4.21. The topological polar surface area (TPSA) is 0 Å². The molecule has 2 aromatic rings. The highest BCUT2D eigenvalue weighted by atomic mass is 14.2. The minimum atomic E-state index is 1.05. The molecule has 0 fully saturated rings. The number of hydrogen-bond donors (Lipinski definition) is 0. The van der Waals surface area contributed by atoms with Gasteiger partial charge in [0.25, 0.3) is 0 Å². The van der Waals surface area contributed by atoms with Crippen molar-refractivity contribution in [2.45, 2.75) is 46.5 Å². The fraction of sp³-hybridized carbons (Fsp3) is 0.280. The summed E-state index contributed by atoms with van der Waals surface area (Å²) in [7, 11) is 0. The van der Waals surface area contributed by atoms with E-state index in [1.165, 1.54) is 68.0 Å². The Bertz CT molecular complexity index is 1100. The molecule has 125 valence electrons. The Morgan fingerprint density at radius 1 is 1.04 bits per heavy atom. The van der Waals surface area contributed by atoms with Crippen LogP contribution >= 0.6 is 0 Å². The normalized spacial score (nSPS) is 14.5. The second-order valence-electron chi connectivity index (χ2n) is 7.30. The van der Waals surface area contributed by atoms with Crippen LogP contribution < -0.4 is 10.4 Å². The quantitative estimate of drug-likeness (QED) is 0.627. The highest BCUT2D eigenvalue weighted by Crippen LogP contribution is 2.33.